The highest BCUT2D eigenvalue weighted by molar-refractivity contribution is 6.28. The van der Waals surface area contributed by atoms with Crippen molar-refractivity contribution in [1.82, 2.24) is 15.0 Å². The van der Waals surface area contributed by atoms with E-state index < -0.39 is 17.4 Å². The van der Waals surface area contributed by atoms with Gasteiger partial charge in [-0.15, -0.1) is 5.10 Å². The van der Waals surface area contributed by atoms with Crippen LogP contribution in [0.4, 0.5) is 22.7 Å². The summed E-state index contributed by atoms with van der Waals surface area (Å²) in [6.45, 7) is 2.40. The van der Waals surface area contributed by atoms with Gasteiger partial charge >= 0.3 is 0 Å². The molecule has 220 valence electrons. The molecule has 0 radical (unpaired) electrons. The molecular formula is C35H31N5O4. The van der Waals surface area contributed by atoms with Crippen molar-refractivity contribution in [3.8, 4) is 0 Å². The van der Waals surface area contributed by atoms with E-state index in [-0.39, 0.29) is 12.5 Å². The lowest BCUT2D eigenvalue weighted by Gasteiger charge is -2.28. The number of benzene rings is 4. The summed E-state index contributed by atoms with van der Waals surface area (Å²) in [6, 6.07) is 26.2. The third-order valence-electron chi connectivity index (χ3n) is 8.55. The molecular weight excluding hydrogens is 554 g/mol. The Bertz CT molecular complexity index is 1930. The summed E-state index contributed by atoms with van der Waals surface area (Å²) in [5, 5.41) is 31.5. The van der Waals surface area contributed by atoms with Gasteiger partial charge in [0.15, 0.2) is 5.60 Å². The van der Waals surface area contributed by atoms with Crippen LogP contribution in [0.1, 0.15) is 35.0 Å². The molecule has 9 nitrogen and oxygen atoms in total. The van der Waals surface area contributed by atoms with E-state index >= 15 is 0 Å². The zero-order valence-corrected chi connectivity index (χ0v) is 24.2. The Morgan fingerprint density at radius 1 is 0.909 bits per heavy atom. The van der Waals surface area contributed by atoms with Gasteiger partial charge in [0.2, 0.25) is 0 Å². The average Bonchev–Trinajstić information content (AvgIpc) is 3.68. The van der Waals surface area contributed by atoms with Crippen molar-refractivity contribution in [2.45, 2.75) is 31.9 Å². The van der Waals surface area contributed by atoms with Gasteiger partial charge in [-0.2, -0.15) is 0 Å². The van der Waals surface area contributed by atoms with Gasteiger partial charge in [0.05, 0.1) is 22.6 Å². The van der Waals surface area contributed by atoms with Crippen molar-refractivity contribution < 1.29 is 19.8 Å². The molecule has 2 aliphatic rings. The minimum Gasteiger partial charge on any atom is -0.396 e. The number of amides is 2. The quantitative estimate of drug-likeness (QED) is 0.224. The Labute approximate surface area is 254 Å². The van der Waals surface area contributed by atoms with Crippen molar-refractivity contribution in [2.24, 2.45) is 5.92 Å². The maximum Gasteiger partial charge on any atom is 0.268 e. The highest BCUT2D eigenvalue weighted by atomic mass is 16.3. The maximum absolute atomic E-state index is 14.2. The Morgan fingerprint density at radius 2 is 1.70 bits per heavy atom. The lowest BCUT2D eigenvalue weighted by atomic mass is 9.82. The van der Waals surface area contributed by atoms with Crippen LogP contribution in [-0.2, 0) is 23.4 Å². The van der Waals surface area contributed by atoms with Crippen LogP contribution >= 0.6 is 0 Å². The molecule has 0 spiro atoms. The Balaban J connectivity index is 1.25. The molecule has 9 heteroatoms. The molecule has 44 heavy (non-hydrogen) atoms. The summed E-state index contributed by atoms with van der Waals surface area (Å²) in [4.78, 5) is 31.1. The Morgan fingerprint density at radius 3 is 2.50 bits per heavy atom. The molecule has 2 aliphatic heterocycles. The van der Waals surface area contributed by atoms with Crippen LogP contribution in [0.3, 0.4) is 0 Å². The fourth-order valence-electron chi connectivity index (χ4n) is 6.33. The SMILES string of the molecule is C[C@@H](/C=C/CCn1cc(CCO)nn1)[C@]1(O)C(=O)N(c2ccccc2)c2ccc(N3C(=O)c4cccc5cccc3c45)cc21. The molecule has 0 aliphatic carbocycles. The summed E-state index contributed by atoms with van der Waals surface area (Å²) in [6.07, 6.45) is 6.64. The minimum absolute atomic E-state index is 0.0143. The van der Waals surface area contributed by atoms with Crippen LogP contribution < -0.4 is 9.80 Å². The standard InChI is InChI=1S/C35H31N5O4/c1-23(9-5-6-19-38-22-25(18-20-41)36-37-38)35(44)29-21-27(16-17-30(29)40(34(35)43)26-12-3-2-4-13-26)39-31-15-8-11-24-10-7-14-28(32(24)31)33(39)42/h2-5,7-17,21-23,41,44H,6,18-20H2,1H3/b9-5+/t23-,35+/m0/s1. The van der Waals surface area contributed by atoms with Crippen molar-refractivity contribution in [3.05, 3.63) is 120 Å². The summed E-state index contributed by atoms with van der Waals surface area (Å²) in [5.41, 5.74) is 2.51. The number of allylic oxidation sites excluding steroid dienone is 1. The first-order valence-electron chi connectivity index (χ1n) is 14.7. The molecule has 1 aromatic heterocycles. The molecule has 7 rings (SSSR count). The highest BCUT2D eigenvalue weighted by Crippen LogP contribution is 2.51. The first-order chi connectivity index (χ1) is 21.4. The van der Waals surface area contributed by atoms with Crippen LogP contribution in [0.25, 0.3) is 10.8 Å². The molecule has 2 N–H and O–H groups in total. The number of anilines is 4. The van der Waals surface area contributed by atoms with E-state index in [4.69, 9.17) is 5.11 Å². The smallest absolute Gasteiger partial charge is 0.268 e. The number of rotatable bonds is 9. The lowest BCUT2D eigenvalue weighted by molar-refractivity contribution is -0.138. The van der Waals surface area contributed by atoms with Gasteiger partial charge in [-0.05, 0) is 54.3 Å². The second-order valence-electron chi connectivity index (χ2n) is 11.2. The van der Waals surface area contributed by atoms with Gasteiger partial charge in [-0.1, -0.05) is 66.8 Å². The normalized spacial score (nSPS) is 18.2. The maximum atomic E-state index is 14.2. The number of carbonyl (C=O) groups excluding carboxylic acids is 2. The molecule has 5 aromatic rings. The van der Waals surface area contributed by atoms with Crippen LogP contribution in [0.5, 0.6) is 0 Å². The van der Waals surface area contributed by atoms with E-state index in [1.54, 1.807) is 26.7 Å². The first-order valence-corrected chi connectivity index (χ1v) is 14.7. The molecule has 0 bridgehead atoms. The van der Waals surface area contributed by atoms with E-state index in [2.05, 4.69) is 10.3 Å². The lowest BCUT2D eigenvalue weighted by Crippen LogP contribution is -2.42. The first kappa shape index (κ1) is 27.7. The number of aliphatic hydroxyl groups excluding tert-OH is 1. The van der Waals surface area contributed by atoms with Gasteiger partial charge in [0, 0.05) is 54.0 Å². The van der Waals surface area contributed by atoms with Crippen molar-refractivity contribution in [3.63, 3.8) is 0 Å². The van der Waals surface area contributed by atoms with E-state index in [0.717, 1.165) is 22.2 Å². The summed E-state index contributed by atoms with van der Waals surface area (Å²) >= 11 is 0. The number of carbonyl (C=O) groups is 2. The second kappa shape index (κ2) is 10.9. The van der Waals surface area contributed by atoms with E-state index in [0.29, 0.717) is 47.6 Å². The number of aryl methyl sites for hydroxylation is 1. The van der Waals surface area contributed by atoms with E-state index in [1.165, 1.54) is 0 Å². The molecule has 3 heterocycles. The minimum atomic E-state index is -1.87. The number of para-hydroxylation sites is 1. The molecule has 0 fully saturated rings. The Hall–Kier alpha value is -5.12. The third kappa shape index (κ3) is 4.32. The Kier molecular flexibility index (Phi) is 6.84. The number of hydrogen-bond donors (Lipinski definition) is 2. The van der Waals surface area contributed by atoms with Gasteiger partial charge in [-0.25, -0.2) is 0 Å². The van der Waals surface area contributed by atoms with Crippen molar-refractivity contribution in [2.75, 3.05) is 16.4 Å². The van der Waals surface area contributed by atoms with Crippen LogP contribution in [-0.4, -0.2) is 43.6 Å². The number of fused-ring (bicyclic) bond motifs is 1. The summed E-state index contributed by atoms with van der Waals surface area (Å²) in [7, 11) is 0. The fraction of sp³-hybridized carbons (Fsp3) is 0.200. The zero-order chi connectivity index (χ0) is 30.4. The van der Waals surface area contributed by atoms with E-state index in [1.807, 2.05) is 97.9 Å². The van der Waals surface area contributed by atoms with Crippen LogP contribution in [0.2, 0.25) is 0 Å². The van der Waals surface area contributed by atoms with Crippen LogP contribution in [0.15, 0.2) is 103 Å². The molecule has 2 amide bonds. The van der Waals surface area contributed by atoms with Gasteiger partial charge in [0.1, 0.15) is 0 Å². The topological polar surface area (TPSA) is 112 Å². The van der Waals surface area contributed by atoms with Gasteiger partial charge < -0.3 is 10.2 Å². The predicted octanol–water partition coefficient (Wildman–Crippen LogP) is 5.41. The van der Waals surface area contributed by atoms with Crippen LogP contribution in [0, 0.1) is 5.92 Å². The zero-order valence-electron chi connectivity index (χ0n) is 24.2. The van der Waals surface area contributed by atoms with E-state index in [9.17, 15) is 14.7 Å². The van der Waals surface area contributed by atoms with Crippen molar-refractivity contribution >= 4 is 45.3 Å². The molecule has 4 aromatic carbocycles. The highest BCUT2D eigenvalue weighted by Gasteiger charge is 2.53. The predicted molar refractivity (Wildman–Crippen MR) is 168 cm³/mol. The van der Waals surface area contributed by atoms with Gasteiger partial charge in [-0.3, -0.25) is 24.1 Å². The molecule has 0 saturated carbocycles. The number of aromatic nitrogens is 3. The number of aliphatic hydroxyl groups is 2. The van der Waals surface area contributed by atoms with Crippen molar-refractivity contribution in [1.29, 1.82) is 0 Å². The summed E-state index contributed by atoms with van der Waals surface area (Å²) < 4.78 is 1.71. The number of nitrogens with zero attached hydrogens (tertiary/aromatic N) is 5. The molecule has 2 atom stereocenters. The number of hydrogen-bond acceptors (Lipinski definition) is 6. The van der Waals surface area contributed by atoms with Gasteiger partial charge in [0.25, 0.3) is 11.8 Å². The summed E-state index contributed by atoms with van der Waals surface area (Å²) in [5.74, 6) is -1.18. The fourth-order valence-corrected chi connectivity index (χ4v) is 6.33. The second-order valence-corrected chi connectivity index (χ2v) is 11.2. The average molecular weight is 586 g/mol. The third-order valence-corrected chi connectivity index (χ3v) is 8.55. The molecule has 0 saturated heterocycles. The molecule has 0 unspecified atom stereocenters. The largest absolute Gasteiger partial charge is 0.396 e. The monoisotopic (exact) mass is 585 g/mol.